The van der Waals surface area contributed by atoms with Crippen molar-refractivity contribution < 1.29 is 13.3 Å². The van der Waals surface area contributed by atoms with Gasteiger partial charge in [0.2, 0.25) is 0 Å². The summed E-state index contributed by atoms with van der Waals surface area (Å²) in [6, 6.07) is 64.1. The van der Waals surface area contributed by atoms with Gasteiger partial charge in [0.05, 0.1) is 11.4 Å². The molecule has 0 fully saturated rings. The molecule has 0 radical (unpaired) electrons. The maximum Gasteiger partial charge on any atom is 0.264 e. The molecule has 0 bridgehead atoms. The minimum absolute atomic E-state index is 0.0467. The first-order valence-corrected chi connectivity index (χ1v) is 26.2. The van der Waals surface area contributed by atoms with E-state index in [0.717, 1.165) is 78.3 Å². The lowest BCUT2D eigenvalue weighted by Crippen LogP contribution is -2.60. The minimum atomic E-state index is -0.198. The van der Waals surface area contributed by atoms with Crippen LogP contribution in [0.15, 0.2) is 189 Å². The lowest BCUT2D eigenvalue weighted by atomic mass is 9.36. The van der Waals surface area contributed by atoms with Gasteiger partial charge in [-0.3, -0.25) is 0 Å². The molecule has 0 saturated heterocycles. The largest absolute Gasteiger partial charge is 0.456 e. The summed E-state index contributed by atoms with van der Waals surface area (Å²) >= 11 is 1.94. The molecule has 6 heterocycles. The quantitative estimate of drug-likeness (QED) is 0.161. The van der Waals surface area contributed by atoms with E-state index in [4.69, 9.17) is 13.3 Å². The Hall–Kier alpha value is -8.00. The monoisotopic (exact) mass is 964 g/mol. The van der Waals surface area contributed by atoms with Gasteiger partial charge in [0.25, 0.3) is 6.71 Å². The molecule has 7 heteroatoms. The Balaban J connectivity index is 1.07. The number of anilines is 6. The van der Waals surface area contributed by atoms with E-state index in [1.165, 1.54) is 70.8 Å². The standard InChI is InChI=1S/C66H53BN2O3S/c1-38-28-45(59-34-43-18-11-14-23-56(43)72-59)29-39(2)62(38)69-53-37-47(66(6,7)8)36-52-61(53)67(64-63(69)49-35-46(65(3,4)5)25-27-60(49)73-64)50-26-24-44(58-33-42-17-10-13-22-55(42)71-58)31-51(50)68(52)48-20-15-19-40(30-48)57-32-41-16-9-12-21-54(41)70-57/h9-37H,1-8H3. The van der Waals surface area contributed by atoms with Crippen molar-refractivity contribution in [2.24, 2.45) is 0 Å². The topological polar surface area (TPSA) is 45.9 Å². The lowest BCUT2D eigenvalue weighted by molar-refractivity contribution is 0.590. The van der Waals surface area contributed by atoms with Crippen LogP contribution in [0, 0.1) is 13.8 Å². The molecule has 2 aliphatic heterocycles. The zero-order valence-corrected chi connectivity index (χ0v) is 43.2. The second kappa shape index (κ2) is 15.8. The molecular weight excluding hydrogens is 912 g/mol. The number of furan rings is 3. The van der Waals surface area contributed by atoms with E-state index in [-0.39, 0.29) is 17.5 Å². The molecule has 73 heavy (non-hydrogen) atoms. The Labute approximate surface area is 430 Å². The van der Waals surface area contributed by atoms with Gasteiger partial charge in [-0.1, -0.05) is 126 Å². The van der Waals surface area contributed by atoms with E-state index in [0.29, 0.717) is 0 Å². The Kier molecular flexibility index (Phi) is 9.44. The van der Waals surface area contributed by atoms with Crippen molar-refractivity contribution in [3.8, 4) is 34.0 Å². The predicted octanol–water partition coefficient (Wildman–Crippen LogP) is 17.4. The Morgan fingerprint density at radius 1 is 0.438 bits per heavy atom. The lowest BCUT2D eigenvalue weighted by Gasteiger charge is -2.45. The molecule has 0 atom stereocenters. The van der Waals surface area contributed by atoms with Crippen molar-refractivity contribution in [2.45, 2.75) is 66.2 Å². The molecule has 8 aromatic carbocycles. The first-order valence-electron chi connectivity index (χ1n) is 25.4. The highest BCUT2D eigenvalue weighted by atomic mass is 32.1. The van der Waals surface area contributed by atoms with Gasteiger partial charge < -0.3 is 23.1 Å². The van der Waals surface area contributed by atoms with E-state index in [2.05, 4.69) is 211 Å². The van der Waals surface area contributed by atoms with Crippen molar-refractivity contribution in [1.82, 2.24) is 0 Å². The van der Waals surface area contributed by atoms with Crippen molar-refractivity contribution in [2.75, 3.05) is 9.80 Å². The van der Waals surface area contributed by atoms with Crippen molar-refractivity contribution in [1.29, 1.82) is 0 Å². The summed E-state index contributed by atoms with van der Waals surface area (Å²) in [5.41, 5.74) is 20.0. The van der Waals surface area contributed by atoms with Crippen LogP contribution in [0.4, 0.5) is 34.1 Å². The van der Waals surface area contributed by atoms with Crippen LogP contribution in [-0.4, -0.2) is 6.71 Å². The average Bonchev–Trinajstić information content (AvgIpc) is 4.20. The normalized spacial score (nSPS) is 13.4. The molecule has 0 amide bonds. The molecule has 5 nitrogen and oxygen atoms in total. The SMILES string of the molecule is Cc1cc(-c2cc3ccccc3o2)cc(C)c1N1c2cc(C(C)(C)C)cc3c2B(c2ccc(-c4cc5ccccc5o4)cc2N3c2cccc(-c3cc4ccccc4o3)c2)c2sc3ccc(C(C)(C)C)cc3c21. The van der Waals surface area contributed by atoms with Gasteiger partial charge in [0.1, 0.15) is 34.0 Å². The van der Waals surface area contributed by atoms with Gasteiger partial charge in [-0.15, -0.1) is 11.3 Å². The maximum atomic E-state index is 6.64. The fraction of sp³-hybridized carbons (Fsp3) is 0.152. The number of benzene rings is 8. The number of aryl methyl sites for hydroxylation is 2. The number of nitrogens with zero attached hydrogens (tertiary/aromatic N) is 2. The molecule has 0 aliphatic carbocycles. The summed E-state index contributed by atoms with van der Waals surface area (Å²) in [6.45, 7) is 18.5. The Morgan fingerprint density at radius 2 is 0.986 bits per heavy atom. The molecule has 2 aliphatic rings. The summed E-state index contributed by atoms with van der Waals surface area (Å²) in [5, 5.41) is 4.55. The van der Waals surface area contributed by atoms with Gasteiger partial charge in [0, 0.05) is 70.5 Å². The summed E-state index contributed by atoms with van der Waals surface area (Å²) in [4.78, 5) is 5.17. The highest BCUT2D eigenvalue weighted by Gasteiger charge is 2.47. The fourth-order valence-electron chi connectivity index (χ4n) is 11.7. The van der Waals surface area contributed by atoms with Crippen LogP contribution in [0.5, 0.6) is 0 Å². The second-order valence-corrected chi connectivity index (χ2v) is 23.4. The number of fused-ring (bicyclic) bond motifs is 9. The van der Waals surface area contributed by atoms with E-state index in [1.807, 2.05) is 41.7 Å². The van der Waals surface area contributed by atoms with Crippen LogP contribution < -0.4 is 25.5 Å². The molecule has 0 spiro atoms. The third kappa shape index (κ3) is 6.89. The zero-order valence-electron chi connectivity index (χ0n) is 42.3. The van der Waals surface area contributed by atoms with Gasteiger partial charge in [0.15, 0.2) is 0 Å². The molecule has 12 aromatic rings. The fourth-order valence-corrected chi connectivity index (χ4v) is 13.0. The highest BCUT2D eigenvalue weighted by Crippen LogP contribution is 2.52. The van der Waals surface area contributed by atoms with Crippen molar-refractivity contribution in [3.63, 3.8) is 0 Å². The number of hydrogen-bond donors (Lipinski definition) is 0. The maximum absolute atomic E-state index is 6.64. The first-order chi connectivity index (χ1) is 35.2. The van der Waals surface area contributed by atoms with Gasteiger partial charge in [-0.05, 0) is 149 Å². The van der Waals surface area contributed by atoms with E-state index in [1.54, 1.807) is 0 Å². The van der Waals surface area contributed by atoms with Crippen LogP contribution >= 0.6 is 11.3 Å². The van der Waals surface area contributed by atoms with Gasteiger partial charge in [-0.25, -0.2) is 0 Å². The van der Waals surface area contributed by atoms with E-state index < -0.39 is 0 Å². The molecule has 4 aromatic heterocycles. The number of para-hydroxylation sites is 3. The summed E-state index contributed by atoms with van der Waals surface area (Å²) in [5.74, 6) is 2.56. The summed E-state index contributed by atoms with van der Waals surface area (Å²) in [7, 11) is 0. The van der Waals surface area contributed by atoms with Crippen molar-refractivity contribution >= 4 is 111 Å². The minimum Gasteiger partial charge on any atom is -0.456 e. The third-order valence-electron chi connectivity index (χ3n) is 15.3. The van der Waals surface area contributed by atoms with Crippen molar-refractivity contribution in [3.05, 3.63) is 198 Å². The predicted molar refractivity (Wildman–Crippen MR) is 308 cm³/mol. The molecule has 14 rings (SSSR count). The molecule has 0 saturated carbocycles. The van der Waals surface area contributed by atoms with Crippen LogP contribution in [0.1, 0.15) is 63.8 Å². The molecular formula is C66H53BN2O3S. The zero-order chi connectivity index (χ0) is 49.7. The number of rotatable bonds is 5. The summed E-state index contributed by atoms with van der Waals surface area (Å²) < 4.78 is 22.3. The smallest absolute Gasteiger partial charge is 0.264 e. The van der Waals surface area contributed by atoms with Gasteiger partial charge in [-0.2, -0.15) is 0 Å². The van der Waals surface area contributed by atoms with E-state index in [9.17, 15) is 0 Å². The Bertz CT molecular complexity index is 4120. The summed E-state index contributed by atoms with van der Waals surface area (Å²) in [6.07, 6.45) is 0. The molecule has 0 unspecified atom stereocenters. The van der Waals surface area contributed by atoms with Gasteiger partial charge >= 0.3 is 0 Å². The first kappa shape index (κ1) is 43.8. The highest BCUT2D eigenvalue weighted by molar-refractivity contribution is 7.33. The third-order valence-corrected chi connectivity index (χ3v) is 16.6. The number of hydrogen-bond acceptors (Lipinski definition) is 6. The van der Waals surface area contributed by atoms with Crippen LogP contribution in [0.3, 0.4) is 0 Å². The Morgan fingerprint density at radius 3 is 1.56 bits per heavy atom. The van der Waals surface area contributed by atoms with Crippen LogP contribution in [-0.2, 0) is 10.8 Å². The second-order valence-electron chi connectivity index (χ2n) is 22.3. The van der Waals surface area contributed by atoms with Crippen LogP contribution in [0.2, 0.25) is 0 Å². The average molecular weight is 965 g/mol. The number of thiophene rings is 1. The van der Waals surface area contributed by atoms with E-state index >= 15 is 0 Å². The molecule has 354 valence electrons. The molecule has 0 N–H and O–H groups in total. The van der Waals surface area contributed by atoms with Crippen LogP contribution in [0.25, 0.3) is 77.0 Å².